The van der Waals surface area contributed by atoms with E-state index in [-0.39, 0.29) is 0 Å². The Bertz CT molecular complexity index is 565. The number of halogens is 1. The van der Waals surface area contributed by atoms with Gasteiger partial charge in [0.1, 0.15) is 5.75 Å². The molecule has 2 aliphatic heterocycles. The topological polar surface area (TPSA) is 49.8 Å². The summed E-state index contributed by atoms with van der Waals surface area (Å²) in [5.41, 5.74) is 1.72. The van der Waals surface area contributed by atoms with Gasteiger partial charge in [-0.25, -0.2) is 0 Å². The van der Waals surface area contributed by atoms with Crippen molar-refractivity contribution in [1.82, 2.24) is 4.90 Å². The van der Waals surface area contributed by atoms with E-state index in [1.807, 2.05) is 19.1 Å². The SMILES string of the molecule is CC1(C(=O)O)CCN(Cc2cc(Cl)cc3c2OCC3)CC1. The van der Waals surface area contributed by atoms with E-state index in [1.54, 1.807) is 0 Å². The van der Waals surface area contributed by atoms with Crippen LogP contribution in [0, 0.1) is 5.41 Å². The molecule has 0 spiro atoms. The lowest BCUT2D eigenvalue weighted by Gasteiger charge is -2.36. The van der Waals surface area contributed by atoms with Gasteiger partial charge in [0.25, 0.3) is 0 Å². The van der Waals surface area contributed by atoms with E-state index in [4.69, 9.17) is 16.3 Å². The van der Waals surface area contributed by atoms with Gasteiger partial charge in [-0.05, 0) is 50.6 Å². The van der Waals surface area contributed by atoms with Crippen LogP contribution < -0.4 is 4.74 Å². The minimum Gasteiger partial charge on any atom is -0.493 e. The molecule has 0 aliphatic carbocycles. The lowest BCUT2D eigenvalue weighted by atomic mass is 9.80. The zero-order valence-corrected chi connectivity index (χ0v) is 12.9. The Morgan fingerprint density at radius 1 is 1.43 bits per heavy atom. The first-order valence-electron chi connectivity index (χ1n) is 7.38. The molecule has 0 amide bonds. The maximum atomic E-state index is 11.3. The highest BCUT2D eigenvalue weighted by atomic mass is 35.5. The average Bonchev–Trinajstić information content (AvgIpc) is 2.89. The zero-order chi connectivity index (χ0) is 15.0. The highest BCUT2D eigenvalue weighted by molar-refractivity contribution is 6.30. The zero-order valence-electron chi connectivity index (χ0n) is 12.2. The number of piperidine rings is 1. The molecule has 5 heteroatoms. The van der Waals surface area contributed by atoms with Crippen LogP contribution >= 0.6 is 11.6 Å². The Hall–Kier alpha value is -1.26. The summed E-state index contributed by atoms with van der Waals surface area (Å²) in [6, 6.07) is 3.95. The van der Waals surface area contributed by atoms with E-state index in [0.29, 0.717) is 12.8 Å². The maximum Gasteiger partial charge on any atom is 0.309 e. The number of rotatable bonds is 3. The van der Waals surface area contributed by atoms with Crippen LogP contribution in [0.5, 0.6) is 5.75 Å². The molecule has 1 aromatic rings. The molecule has 2 aliphatic rings. The van der Waals surface area contributed by atoms with E-state index in [1.165, 1.54) is 5.56 Å². The van der Waals surface area contributed by atoms with Crippen molar-refractivity contribution in [2.75, 3.05) is 19.7 Å². The summed E-state index contributed by atoms with van der Waals surface area (Å²) in [6.07, 6.45) is 2.29. The van der Waals surface area contributed by atoms with Crippen molar-refractivity contribution >= 4 is 17.6 Å². The van der Waals surface area contributed by atoms with Crippen molar-refractivity contribution < 1.29 is 14.6 Å². The van der Waals surface area contributed by atoms with E-state index < -0.39 is 11.4 Å². The first kappa shape index (κ1) is 14.7. The fraction of sp³-hybridized carbons (Fsp3) is 0.562. The molecule has 0 unspecified atom stereocenters. The van der Waals surface area contributed by atoms with Gasteiger partial charge >= 0.3 is 5.97 Å². The molecule has 1 aromatic carbocycles. The van der Waals surface area contributed by atoms with E-state index >= 15 is 0 Å². The van der Waals surface area contributed by atoms with E-state index in [9.17, 15) is 9.90 Å². The molecule has 0 atom stereocenters. The van der Waals surface area contributed by atoms with Gasteiger partial charge < -0.3 is 9.84 Å². The van der Waals surface area contributed by atoms with Gasteiger partial charge in [-0.15, -0.1) is 0 Å². The number of benzene rings is 1. The summed E-state index contributed by atoms with van der Waals surface area (Å²) in [4.78, 5) is 13.6. The molecule has 1 N–H and O–H groups in total. The van der Waals surface area contributed by atoms with Crippen molar-refractivity contribution in [2.45, 2.75) is 32.7 Å². The molecular weight excluding hydrogens is 290 g/mol. The third-order valence-corrected chi connectivity index (χ3v) is 4.91. The molecule has 4 nitrogen and oxygen atoms in total. The highest BCUT2D eigenvalue weighted by Crippen LogP contribution is 2.36. The van der Waals surface area contributed by atoms with Crippen molar-refractivity contribution in [3.05, 3.63) is 28.3 Å². The van der Waals surface area contributed by atoms with Crippen molar-refractivity contribution in [3.8, 4) is 5.75 Å². The van der Waals surface area contributed by atoms with Crippen LogP contribution in [0.2, 0.25) is 5.02 Å². The third-order valence-electron chi connectivity index (χ3n) is 4.70. The molecule has 3 rings (SSSR count). The summed E-state index contributed by atoms with van der Waals surface area (Å²) in [5, 5.41) is 10.0. The van der Waals surface area contributed by atoms with Gasteiger partial charge in [0.2, 0.25) is 0 Å². The molecule has 21 heavy (non-hydrogen) atoms. The second kappa shape index (κ2) is 5.50. The minimum absolute atomic E-state index is 0.580. The number of carboxylic acids is 1. The number of aliphatic carboxylic acids is 1. The van der Waals surface area contributed by atoms with Gasteiger partial charge in [-0.3, -0.25) is 9.69 Å². The second-order valence-electron chi connectivity index (χ2n) is 6.29. The summed E-state index contributed by atoms with van der Waals surface area (Å²) < 4.78 is 5.73. The first-order chi connectivity index (χ1) is 9.98. The molecule has 114 valence electrons. The Morgan fingerprint density at radius 3 is 2.81 bits per heavy atom. The van der Waals surface area contributed by atoms with Crippen LogP contribution in [0.3, 0.4) is 0 Å². The Morgan fingerprint density at radius 2 is 2.14 bits per heavy atom. The number of fused-ring (bicyclic) bond motifs is 1. The quantitative estimate of drug-likeness (QED) is 0.932. The normalized spacial score (nSPS) is 20.9. The van der Waals surface area contributed by atoms with E-state index in [2.05, 4.69) is 4.90 Å². The molecule has 1 fully saturated rings. The van der Waals surface area contributed by atoms with Gasteiger partial charge in [0, 0.05) is 23.6 Å². The van der Waals surface area contributed by atoms with Crippen LogP contribution in [0.25, 0.3) is 0 Å². The molecule has 0 bridgehead atoms. The maximum absolute atomic E-state index is 11.3. The number of hydrogen-bond donors (Lipinski definition) is 1. The summed E-state index contributed by atoms with van der Waals surface area (Å²) in [5.74, 6) is 0.292. The minimum atomic E-state index is -0.686. The second-order valence-corrected chi connectivity index (χ2v) is 6.73. The predicted octanol–water partition coefficient (Wildman–Crippen LogP) is 2.96. The van der Waals surface area contributed by atoms with E-state index in [0.717, 1.165) is 49.0 Å². The smallest absolute Gasteiger partial charge is 0.309 e. The molecule has 0 saturated carbocycles. The number of ether oxygens (including phenoxy) is 1. The molecule has 1 saturated heterocycles. The first-order valence-corrected chi connectivity index (χ1v) is 7.76. The van der Waals surface area contributed by atoms with Gasteiger partial charge in [-0.2, -0.15) is 0 Å². The fourth-order valence-electron chi connectivity index (χ4n) is 3.12. The lowest BCUT2D eigenvalue weighted by molar-refractivity contribution is -0.150. The monoisotopic (exact) mass is 309 g/mol. The fourth-order valence-corrected chi connectivity index (χ4v) is 3.39. The Labute approximate surface area is 129 Å². The van der Waals surface area contributed by atoms with Gasteiger partial charge in [0.15, 0.2) is 0 Å². The van der Waals surface area contributed by atoms with Crippen LogP contribution in [-0.2, 0) is 17.8 Å². The number of nitrogens with zero attached hydrogens (tertiary/aromatic N) is 1. The number of hydrogen-bond acceptors (Lipinski definition) is 3. The highest BCUT2D eigenvalue weighted by Gasteiger charge is 2.37. The largest absolute Gasteiger partial charge is 0.493 e. The Balaban J connectivity index is 1.71. The van der Waals surface area contributed by atoms with Crippen LogP contribution in [0.15, 0.2) is 12.1 Å². The van der Waals surface area contributed by atoms with Gasteiger partial charge in [0.05, 0.1) is 12.0 Å². The number of likely N-dealkylation sites (tertiary alicyclic amines) is 1. The third kappa shape index (κ3) is 2.87. The average molecular weight is 310 g/mol. The van der Waals surface area contributed by atoms with Crippen molar-refractivity contribution in [1.29, 1.82) is 0 Å². The summed E-state index contributed by atoms with van der Waals surface area (Å²) in [7, 11) is 0. The van der Waals surface area contributed by atoms with Crippen LogP contribution in [-0.4, -0.2) is 35.7 Å². The van der Waals surface area contributed by atoms with Crippen LogP contribution in [0.1, 0.15) is 30.9 Å². The number of carbonyl (C=O) groups is 1. The molecular formula is C16H20ClNO3. The summed E-state index contributed by atoms with van der Waals surface area (Å²) in [6.45, 7) is 4.93. The molecule has 0 radical (unpaired) electrons. The predicted molar refractivity (Wildman–Crippen MR) is 80.9 cm³/mol. The van der Waals surface area contributed by atoms with Crippen molar-refractivity contribution in [2.24, 2.45) is 5.41 Å². The molecule has 0 aromatic heterocycles. The molecule has 2 heterocycles. The van der Waals surface area contributed by atoms with Gasteiger partial charge in [-0.1, -0.05) is 11.6 Å². The van der Waals surface area contributed by atoms with Crippen molar-refractivity contribution in [3.63, 3.8) is 0 Å². The standard InChI is InChI=1S/C16H20ClNO3/c1-16(15(19)20)3-5-18(6-4-16)10-12-9-13(17)8-11-2-7-21-14(11)12/h8-9H,2-7,10H2,1H3,(H,19,20). The summed E-state index contributed by atoms with van der Waals surface area (Å²) >= 11 is 6.18. The Kier molecular flexibility index (Phi) is 3.84. The lowest BCUT2D eigenvalue weighted by Crippen LogP contribution is -2.42. The number of carboxylic acid groups (broad SMARTS) is 1. The van der Waals surface area contributed by atoms with Crippen LogP contribution in [0.4, 0.5) is 0 Å².